The van der Waals surface area contributed by atoms with Gasteiger partial charge in [0.2, 0.25) is 34.4 Å². The summed E-state index contributed by atoms with van der Waals surface area (Å²) in [5.41, 5.74) is 3.01. The Balaban J connectivity index is 0.000000151. The van der Waals surface area contributed by atoms with Gasteiger partial charge in [-0.25, -0.2) is 34.2 Å². The molecule has 0 fully saturated rings. The first-order valence-corrected chi connectivity index (χ1v) is 15.1. The van der Waals surface area contributed by atoms with E-state index in [0.717, 1.165) is 43.9 Å². The van der Waals surface area contributed by atoms with Crippen LogP contribution >= 0.6 is 0 Å². The first-order valence-electron chi connectivity index (χ1n) is 11.8. The average Bonchev–Trinajstić information content (AvgIpc) is 3.47. The lowest BCUT2D eigenvalue weighted by atomic mass is 10.2. The van der Waals surface area contributed by atoms with Gasteiger partial charge in [-0.15, -0.1) is 0 Å². The standard InChI is InChI=1S/C16H11F2N2O2S.C11H11N2O2S/c17-12-7-13(18)9-14(8-12)23(21,22)20-10-19-6-2-4-11-3-1-5-15(20)16(11)19;1-16(14,15)13-8-12-7-3-5-9-4-2-6-10(13)11(9)12/h1-9H,10H2;2-7H,8H2,1H3/q2*+1. The molecule has 0 N–H and O–H groups in total. The number of hydrogen-bond donors (Lipinski definition) is 0. The molecule has 0 radical (unpaired) electrons. The molecule has 2 aromatic heterocycles. The lowest BCUT2D eigenvalue weighted by Crippen LogP contribution is -2.40. The van der Waals surface area contributed by atoms with Crippen LogP contribution in [-0.4, -0.2) is 23.1 Å². The number of nitrogens with zero attached hydrogens (tertiary/aromatic N) is 4. The first-order chi connectivity index (χ1) is 18.5. The molecular formula is C27H22F2N4O4S2+2. The van der Waals surface area contributed by atoms with Gasteiger partial charge < -0.3 is 0 Å². The lowest BCUT2D eigenvalue weighted by Gasteiger charge is -2.15. The molecule has 198 valence electrons. The lowest BCUT2D eigenvalue weighted by molar-refractivity contribution is -0.662. The number of aromatic nitrogens is 2. The van der Waals surface area contributed by atoms with E-state index < -0.39 is 36.6 Å². The Morgan fingerprint density at radius 1 is 0.667 bits per heavy atom. The monoisotopic (exact) mass is 568 g/mol. The predicted octanol–water partition coefficient (Wildman–Crippen LogP) is 3.44. The van der Waals surface area contributed by atoms with Gasteiger partial charge in [0.15, 0.2) is 12.4 Å². The van der Waals surface area contributed by atoms with E-state index in [2.05, 4.69) is 0 Å². The maximum Gasteiger partial charge on any atom is 0.269 e. The highest BCUT2D eigenvalue weighted by Gasteiger charge is 2.37. The summed E-state index contributed by atoms with van der Waals surface area (Å²) in [7, 11) is -7.27. The van der Waals surface area contributed by atoms with Crippen LogP contribution in [0.15, 0.2) is 96.2 Å². The molecule has 12 heteroatoms. The van der Waals surface area contributed by atoms with Crippen LogP contribution in [0.4, 0.5) is 20.2 Å². The molecule has 4 heterocycles. The summed E-state index contributed by atoms with van der Waals surface area (Å²) in [6, 6.07) is 20.9. The number of rotatable bonds is 3. The predicted molar refractivity (Wildman–Crippen MR) is 142 cm³/mol. The minimum atomic E-state index is -4.07. The van der Waals surface area contributed by atoms with Crippen LogP contribution in [-0.2, 0) is 33.4 Å². The highest BCUT2D eigenvalue weighted by atomic mass is 32.2. The normalized spacial score (nSPS) is 14.1. The van der Waals surface area contributed by atoms with E-state index in [1.165, 1.54) is 10.6 Å². The van der Waals surface area contributed by atoms with Gasteiger partial charge in [0.25, 0.3) is 10.0 Å². The summed E-state index contributed by atoms with van der Waals surface area (Å²) in [5.74, 6) is -1.85. The molecular weight excluding hydrogens is 546 g/mol. The van der Waals surface area contributed by atoms with E-state index in [0.29, 0.717) is 18.4 Å². The van der Waals surface area contributed by atoms with E-state index >= 15 is 0 Å². The van der Waals surface area contributed by atoms with Crippen molar-refractivity contribution in [3.8, 4) is 0 Å². The Hall–Kier alpha value is -4.16. The van der Waals surface area contributed by atoms with Gasteiger partial charge >= 0.3 is 0 Å². The van der Waals surface area contributed by atoms with E-state index in [-0.39, 0.29) is 6.67 Å². The Kier molecular flexibility index (Phi) is 5.77. The van der Waals surface area contributed by atoms with Gasteiger partial charge in [0.05, 0.1) is 11.2 Å². The van der Waals surface area contributed by atoms with Gasteiger partial charge in [-0.2, -0.15) is 9.13 Å². The van der Waals surface area contributed by atoms with Crippen molar-refractivity contribution in [2.75, 3.05) is 14.9 Å². The van der Waals surface area contributed by atoms with E-state index in [1.807, 2.05) is 59.3 Å². The second-order valence-corrected chi connectivity index (χ2v) is 13.0. The molecule has 0 unspecified atom stereocenters. The first kappa shape index (κ1) is 25.1. The van der Waals surface area contributed by atoms with Crippen molar-refractivity contribution in [2.24, 2.45) is 0 Å². The summed E-state index contributed by atoms with van der Waals surface area (Å²) in [4.78, 5) is -0.402. The van der Waals surface area contributed by atoms with Gasteiger partial charge in [-0.1, -0.05) is 12.1 Å². The number of halogens is 2. The zero-order valence-electron chi connectivity index (χ0n) is 20.6. The number of para-hydroxylation sites is 2. The second kappa shape index (κ2) is 8.95. The van der Waals surface area contributed by atoms with Gasteiger partial charge in [-0.05, 0) is 48.5 Å². The molecule has 2 aliphatic rings. The van der Waals surface area contributed by atoms with Crippen LogP contribution in [0.2, 0.25) is 0 Å². The highest BCUT2D eigenvalue weighted by Crippen LogP contribution is 2.33. The fourth-order valence-corrected chi connectivity index (χ4v) is 7.30. The molecule has 0 aliphatic carbocycles. The molecule has 39 heavy (non-hydrogen) atoms. The zero-order chi connectivity index (χ0) is 27.5. The van der Waals surface area contributed by atoms with E-state index in [1.54, 1.807) is 22.9 Å². The maximum absolute atomic E-state index is 13.4. The van der Waals surface area contributed by atoms with Crippen LogP contribution < -0.4 is 17.7 Å². The molecule has 0 spiro atoms. The van der Waals surface area contributed by atoms with Gasteiger partial charge in [-0.3, -0.25) is 0 Å². The molecule has 0 atom stereocenters. The fraction of sp³-hybridized carbons (Fsp3) is 0.111. The summed E-state index contributed by atoms with van der Waals surface area (Å²) in [6.45, 7) is 0.437. The minimum Gasteiger partial charge on any atom is -0.207 e. The van der Waals surface area contributed by atoms with Gasteiger partial charge in [0.1, 0.15) is 23.0 Å². The van der Waals surface area contributed by atoms with Crippen molar-refractivity contribution < 1.29 is 34.8 Å². The molecule has 3 aromatic carbocycles. The summed E-state index contributed by atoms with van der Waals surface area (Å²) in [6.07, 6.45) is 4.91. The zero-order valence-corrected chi connectivity index (χ0v) is 22.2. The van der Waals surface area contributed by atoms with E-state index in [4.69, 9.17) is 0 Å². The Labute approximate surface area is 223 Å². The fourth-order valence-electron chi connectivity index (χ4n) is 5.00. The third-order valence-corrected chi connectivity index (χ3v) is 9.51. The average molecular weight is 569 g/mol. The topological polar surface area (TPSA) is 82.5 Å². The summed E-state index contributed by atoms with van der Waals surface area (Å²) >= 11 is 0. The van der Waals surface area contributed by atoms with Crippen LogP contribution in [0, 0.1) is 11.6 Å². The van der Waals surface area contributed by atoms with Gasteiger partial charge in [0, 0.05) is 29.0 Å². The molecule has 0 saturated carbocycles. The third-order valence-electron chi connectivity index (χ3n) is 6.67. The molecule has 5 aromatic rings. The Morgan fingerprint density at radius 2 is 1.13 bits per heavy atom. The number of pyridine rings is 2. The van der Waals surface area contributed by atoms with Crippen molar-refractivity contribution in [1.29, 1.82) is 0 Å². The SMILES string of the molecule is CS(=O)(=O)N1C[n+]2cccc3cccc1c32.O=S(=O)(c1cc(F)cc(F)c1)N1C[n+]2cccc3cccc1c32. The van der Waals surface area contributed by atoms with Crippen molar-refractivity contribution in [1.82, 2.24) is 0 Å². The number of sulfonamides is 2. The van der Waals surface area contributed by atoms with Crippen molar-refractivity contribution in [3.05, 3.63) is 103 Å². The van der Waals surface area contributed by atoms with Crippen LogP contribution in [0.3, 0.4) is 0 Å². The van der Waals surface area contributed by atoms with Crippen molar-refractivity contribution in [2.45, 2.75) is 18.2 Å². The molecule has 0 bridgehead atoms. The smallest absolute Gasteiger partial charge is 0.207 e. The molecule has 8 nitrogen and oxygen atoms in total. The summed E-state index contributed by atoms with van der Waals surface area (Å²) in [5, 5.41) is 1.96. The van der Waals surface area contributed by atoms with E-state index in [9.17, 15) is 25.6 Å². The quantitative estimate of drug-likeness (QED) is 0.313. The number of hydrogen-bond acceptors (Lipinski definition) is 4. The molecule has 2 aliphatic heterocycles. The number of anilines is 2. The maximum atomic E-state index is 13.4. The van der Waals surface area contributed by atoms with Crippen molar-refractivity contribution >= 4 is 53.2 Å². The molecule has 7 rings (SSSR count). The highest BCUT2D eigenvalue weighted by molar-refractivity contribution is 7.93. The van der Waals surface area contributed by atoms with Crippen LogP contribution in [0.5, 0.6) is 0 Å². The molecule has 0 saturated heterocycles. The minimum absolute atomic E-state index is 0.0666. The third kappa shape index (κ3) is 4.25. The van der Waals surface area contributed by atoms with Crippen LogP contribution in [0.25, 0.3) is 21.8 Å². The Bertz CT molecular complexity index is 1990. The summed E-state index contributed by atoms with van der Waals surface area (Å²) < 4.78 is 82.1. The molecule has 0 amide bonds. The second-order valence-electron chi connectivity index (χ2n) is 9.24. The largest absolute Gasteiger partial charge is 0.269 e. The van der Waals surface area contributed by atoms with Crippen molar-refractivity contribution in [3.63, 3.8) is 0 Å². The van der Waals surface area contributed by atoms with Crippen LogP contribution in [0.1, 0.15) is 0 Å². The Morgan fingerprint density at radius 3 is 1.64 bits per heavy atom. The number of benzene rings is 3.